The van der Waals surface area contributed by atoms with Crippen LogP contribution < -0.4 is 0 Å². The molecule has 1 N–H and O–H groups in total. The first-order valence-electron chi connectivity index (χ1n) is 4.14. The van der Waals surface area contributed by atoms with Crippen molar-refractivity contribution in [1.29, 1.82) is 0 Å². The maximum atomic E-state index is 11.2. The van der Waals surface area contributed by atoms with E-state index in [1.165, 1.54) is 6.08 Å². The average Bonchev–Trinajstić information content (AvgIpc) is 1.82. The van der Waals surface area contributed by atoms with Gasteiger partial charge in [0.15, 0.2) is 0 Å². The molecule has 0 heterocycles. The summed E-state index contributed by atoms with van der Waals surface area (Å²) in [6.07, 6.45) is 1.41. The summed E-state index contributed by atoms with van der Waals surface area (Å²) in [4.78, 5) is 9.17. The number of quaternary nitrogens is 1. The Morgan fingerprint density at radius 3 is 2.46 bits per heavy atom. The van der Waals surface area contributed by atoms with Crippen molar-refractivity contribution in [3.63, 3.8) is 0 Å². The molecule has 0 saturated carbocycles. The highest BCUT2D eigenvalue weighted by Crippen LogP contribution is 2.41. The molecule has 1 unspecified atom stereocenters. The van der Waals surface area contributed by atoms with Crippen molar-refractivity contribution in [3.8, 4) is 0 Å². The standard InChI is InChI=1S/C8H18NO3P/c1-5-8-13(10,11)12-7-6-9(2,3)4/h5H,1,6-8H2,2-4H3/p+1. The zero-order valence-electron chi connectivity index (χ0n) is 8.56. The lowest BCUT2D eigenvalue weighted by Crippen LogP contribution is -2.37. The van der Waals surface area contributed by atoms with Crippen LogP contribution in [-0.4, -0.2) is 49.8 Å². The van der Waals surface area contributed by atoms with Gasteiger partial charge in [0.1, 0.15) is 13.2 Å². The summed E-state index contributed by atoms with van der Waals surface area (Å²) in [5, 5.41) is 0. The fraction of sp³-hybridized carbons (Fsp3) is 0.750. The van der Waals surface area contributed by atoms with Crippen molar-refractivity contribution in [3.05, 3.63) is 12.7 Å². The highest BCUT2D eigenvalue weighted by atomic mass is 31.2. The number of likely N-dealkylation sites (N-methyl/N-ethyl adjacent to an activating group) is 1. The van der Waals surface area contributed by atoms with Crippen molar-refractivity contribution in [2.24, 2.45) is 0 Å². The van der Waals surface area contributed by atoms with Crippen LogP contribution in [-0.2, 0) is 9.09 Å². The third-order valence-corrected chi connectivity index (χ3v) is 2.72. The quantitative estimate of drug-likeness (QED) is 0.403. The molecular weight excluding hydrogens is 189 g/mol. The van der Waals surface area contributed by atoms with Gasteiger partial charge >= 0.3 is 7.60 Å². The van der Waals surface area contributed by atoms with Gasteiger partial charge in [-0.25, -0.2) is 0 Å². The summed E-state index contributed by atoms with van der Waals surface area (Å²) in [5.41, 5.74) is 0. The van der Waals surface area contributed by atoms with Gasteiger partial charge in [0.2, 0.25) is 0 Å². The molecule has 0 aliphatic carbocycles. The largest absolute Gasteiger partial charge is 0.332 e. The molecule has 0 amide bonds. The minimum Gasteiger partial charge on any atom is -0.329 e. The lowest BCUT2D eigenvalue weighted by molar-refractivity contribution is -0.870. The van der Waals surface area contributed by atoms with Crippen LogP contribution in [0.3, 0.4) is 0 Å². The van der Waals surface area contributed by atoms with E-state index in [1.54, 1.807) is 0 Å². The van der Waals surface area contributed by atoms with E-state index in [4.69, 9.17) is 9.42 Å². The summed E-state index contributed by atoms with van der Waals surface area (Å²) in [7, 11) is 2.59. The lowest BCUT2D eigenvalue weighted by Gasteiger charge is -2.24. The molecule has 0 rings (SSSR count). The summed E-state index contributed by atoms with van der Waals surface area (Å²) >= 11 is 0. The van der Waals surface area contributed by atoms with Crippen LogP contribution >= 0.6 is 7.60 Å². The first kappa shape index (κ1) is 12.8. The van der Waals surface area contributed by atoms with Crippen LogP contribution in [0.25, 0.3) is 0 Å². The normalized spacial score (nSPS) is 16.6. The predicted octanol–water partition coefficient (Wildman–Crippen LogP) is 1.08. The molecule has 4 nitrogen and oxygen atoms in total. The maximum Gasteiger partial charge on any atom is 0.332 e. The Morgan fingerprint density at radius 1 is 1.54 bits per heavy atom. The van der Waals surface area contributed by atoms with Gasteiger partial charge in [-0.05, 0) is 0 Å². The highest BCUT2D eigenvalue weighted by molar-refractivity contribution is 7.53. The van der Waals surface area contributed by atoms with Crippen LogP contribution in [0.2, 0.25) is 0 Å². The number of nitrogens with zero attached hydrogens (tertiary/aromatic N) is 1. The molecule has 13 heavy (non-hydrogen) atoms. The Labute approximate surface area is 79.9 Å². The van der Waals surface area contributed by atoms with E-state index in [-0.39, 0.29) is 6.16 Å². The summed E-state index contributed by atoms with van der Waals surface area (Å²) in [5.74, 6) is 0. The van der Waals surface area contributed by atoms with Gasteiger partial charge in [0.05, 0.1) is 27.3 Å². The predicted molar refractivity (Wildman–Crippen MR) is 53.7 cm³/mol. The molecule has 0 radical (unpaired) electrons. The maximum absolute atomic E-state index is 11.2. The Bertz CT molecular complexity index is 210. The molecule has 78 valence electrons. The zero-order valence-corrected chi connectivity index (χ0v) is 9.46. The first-order chi connectivity index (χ1) is 5.77. The van der Waals surface area contributed by atoms with Gasteiger partial charge in [-0.15, -0.1) is 6.58 Å². The monoisotopic (exact) mass is 208 g/mol. The fourth-order valence-electron chi connectivity index (χ4n) is 0.673. The molecule has 0 fully saturated rings. The van der Waals surface area contributed by atoms with Crippen molar-refractivity contribution < 1.29 is 18.5 Å². The van der Waals surface area contributed by atoms with E-state index in [0.717, 1.165) is 0 Å². The van der Waals surface area contributed by atoms with E-state index < -0.39 is 7.60 Å². The van der Waals surface area contributed by atoms with Gasteiger partial charge in [-0.3, -0.25) is 4.57 Å². The molecule has 0 aromatic carbocycles. The van der Waals surface area contributed by atoms with Gasteiger partial charge in [-0.1, -0.05) is 6.08 Å². The Morgan fingerprint density at radius 2 is 2.08 bits per heavy atom. The molecule has 0 aromatic rings. The van der Waals surface area contributed by atoms with Crippen LogP contribution in [0.15, 0.2) is 12.7 Å². The van der Waals surface area contributed by atoms with E-state index in [1.807, 2.05) is 21.1 Å². The Kier molecular flexibility index (Phi) is 4.86. The van der Waals surface area contributed by atoms with Crippen LogP contribution in [0.1, 0.15) is 0 Å². The lowest BCUT2D eigenvalue weighted by atomic mass is 10.5. The number of hydrogen-bond donors (Lipinski definition) is 1. The Balaban J connectivity index is 3.76. The SMILES string of the molecule is C=CCP(=O)(O)OCC[N+](C)(C)C. The molecule has 0 aliphatic rings. The second-order valence-electron chi connectivity index (χ2n) is 3.96. The molecule has 0 aromatic heterocycles. The smallest absolute Gasteiger partial charge is 0.329 e. The molecule has 0 bridgehead atoms. The van der Waals surface area contributed by atoms with Crippen molar-refractivity contribution >= 4 is 7.60 Å². The van der Waals surface area contributed by atoms with Crippen molar-refractivity contribution in [2.75, 3.05) is 40.5 Å². The average molecular weight is 208 g/mol. The van der Waals surface area contributed by atoms with Crippen LogP contribution in [0, 0.1) is 0 Å². The second-order valence-corrected chi connectivity index (χ2v) is 5.85. The summed E-state index contributed by atoms with van der Waals surface area (Å²) in [6, 6.07) is 0. The Hall–Kier alpha value is -0.150. The number of rotatable bonds is 6. The number of allylic oxidation sites excluding steroid dienone is 1. The molecule has 1 atom stereocenters. The topological polar surface area (TPSA) is 46.5 Å². The third-order valence-electron chi connectivity index (χ3n) is 1.41. The minimum atomic E-state index is -3.41. The molecule has 0 aliphatic heterocycles. The van der Waals surface area contributed by atoms with Gasteiger partial charge in [0, 0.05) is 0 Å². The van der Waals surface area contributed by atoms with Crippen LogP contribution in [0.4, 0.5) is 0 Å². The summed E-state index contributed by atoms with van der Waals surface area (Å²) in [6.45, 7) is 4.39. The van der Waals surface area contributed by atoms with Crippen molar-refractivity contribution in [1.82, 2.24) is 0 Å². The van der Waals surface area contributed by atoms with Gasteiger partial charge < -0.3 is 13.9 Å². The van der Waals surface area contributed by atoms with E-state index in [9.17, 15) is 4.57 Å². The van der Waals surface area contributed by atoms with Gasteiger partial charge in [0.25, 0.3) is 0 Å². The highest BCUT2D eigenvalue weighted by Gasteiger charge is 2.18. The second kappa shape index (κ2) is 4.91. The summed E-state index contributed by atoms with van der Waals surface area (Å²) < 4.78 is 16.7. The number of hydrogen-bond acceptors (Lipinski definition) is 2. The molecule has 0 spiro atoms. The molecular formula is C8H19NO3P+. The third kappa shape index (κ3) is 8.19. The van der Waals surface area contributed by atoms with E-state index in [2.05, 4.69) is 6.58 Å². The van der Waals surface area contributed by atoms with Gasteiger partial charge in [-0.2, -0.15) is 0 Å². The molecule has 0 saturated heterocycles. The zero-order chi connectivity index (χ0) is 10.5. The van der Waals surface area contributed by atoms with Crippen LogP contribution in [0.5, 0.6) is 0 Å². The van der Waals surface area contributed by atoms with Crippen molar-refractivity contribution in [2.45, 2.75) is 0 Å². The first-order valence-corrected chi connectivity index (χ1v) is 5.91. The van der Waals surface area contributed by atoms with E-state index >= 15 is 0 Å². The fourth-order valence-corrected chi connectivity index (χ4v) is 1.47. The minimum absolute atomic E-state index is 0.0180. The molecule has 5 heteroatoms. The van der Waals surface area contributed by atoms with E-state index in [0.29, 0.717) is 17.6 Å².